The number of nitro benzene ring substituents is 1. The number of methoxy groups -OCH3 is 1. The predicted molar refractivity (Wildman–Crippen MR) is 129 cm³/mol. The number of carbonyl (C=O) groups is 1. The Bertz CT molecular complexity index is 1340. The van der Waals surface area contributed by atoms with Crippen molar-refractivity contribution in [2.24, 2.45) is 0 Å². The molecular weight excluding hydrogens is 476 g/mol. The molecule has 35 heavy (non-hydrogen) atoms. The predicted octanol–water partition coefficient (Wildman–Crippen LogP) is 5.07. The molecule has 0 atom stereocenters. The molecule has 0 aliphatic carbocycles. The fourth-order valence-electron chi connectivity index (χ4n) is 3.05. The van der Waals surface area contributed by atoms with Crippen molar-refractivity contribution in [3.63, 3.8) is 0 Å². The van der Waals surface area contributed by atoms with Crippen molar-refractivity contribution in [1.82, 2.24) is 0 Å². The molecule has 0 saturated carbocycles. The van der Waals surface area contributed by atoms with E-state index >= 15 is 0 Å². The fraction of sp³-hybridized carbons (Fsp3) is 0.208. The molecule has 0 aromatic heterocycles. The van der Waals surface area contributed by atoms with Crippen LogP contribution in [-0.2, 0) is 14.8 Å². The van der Waals surface area contributed by atoms with Gasteiger partial charge in [-0.05, 0) is 49.7 Å². The van der Waals surface area contributed by atoms with Gasteiger partial charge in [-0.1, -0.05) is 24.6 Å². The maximum Gasteiger partial charge on any atom is 0.340 e. The SMILES string of the molecule is CCCOc1cc(Oc2ccc(NS(=O)(=O)c3ccc(C)cc3)c(C(=O)OC)c2)ccc1[N+](=O)[O-]. The second kappa shape index (κ2) is 10.9. The van der Waals surface area contributed by atoms with E-state index in [4.69, 9.17) is 14.2 Å². The fourth-order valence-corrected chi connectivity index (χ4v) is 4.13. The minimum atomic E-state index is -3.97. The highest BCUT2D eigenvalue weighted by molar-refractivity contribution is 7.92. The van der Waals surface area contributed by atoms with E-state index in [0.29, 0.717) is 6.42 Å². The molecule has 0 bridgehead atoms. The Morgan fingerprint density at radius 2 is 1.69 bits per heavy atom. The Morgan fingerprint density at radius 3 is 2.31 bits per heavy atom. The molecule has 0 fully saturated rings. The van der Waals surface area contributed by atoms with Gasteiger partial charge in [0.05, 0.1) is 34.8 Å². The first-order valence-electron chi connectivity index (χ1n) is 10.6. The van der Waals surface area contributed by atoms with E-state index in [-0.39, 0.29) is 45.7 Å². The Balaban J connectivity index is 1.92. The molecule has 0 unspecified atom stereocenters. The van der Waals surface area contributed by atoms with Gasteiger partial charge in [-0.3, -0.25) is 14.8 Å². The summed E-state index contributed by atoms with van der Waals surface area (Å²) in [6, 6.07) is 14.4. The van der Waals surface area contributed by atoms with Gasteiger partial charge in [0.1, 0.15) is 11.5 Å². The Hall–Kier alpha value is -4.12. The maximum absolute atomic E-state index is 12.8. The number of benzene rings is 3. The second-order valence-corrected chi connectivity index (χ2v) is 9.14. The van der Waals surface area contributed by atoms with E-state index in [2.05, 4.69) is 4.72 Å². The van der Waals surface area contributed by atoms with E-state index in [1.54, 1.807) is 12.1 Å². The first kappa shape index (κ1) is 25.5. The zero-order chi connectivity index (χ0) is 25.6. The lowest BCUT2D eigenvalue weighted by atomic mass is 10.1. The van der Waals surface area contributed by atoms with Gasteiger partial charge in [-0.2, -0.15) is 0 Å². The number of aryl methyl sites for hydroxylation is 1. The number of hydrogen-bond acceptors (Lipinski definition) is 8. The lowest BCUT2D eigenvalue weighted by Crippen LogP contribution is -2.16. The molecule has 10 nitrogen and oxygen atoms in total. The van der Waals surface area contributed by atoms with Crippen molar-refractivity contribution < 1.29 is 32.3 Å². The van der Waals surface area contributed by atoms with Crippen LogP contribution in [0.5, 0.6) is 17.2 Å². The van der Waals surface area contributed by atoms with Crippen LogP contribution in [0.4, 0.5) is 11.4 Å². The Kier molecular flexibility index (Phi) is 7.92. The van der Waals surface area contributed by atoms with Gasteiger partial charge in [0, 0.05) is 12.1 Å². The van der Waals surface area contributed by atoms with Crippen molar-refractivity contribution in [2.45, 2.75) is 25.2 Å². The molecule has 3 rings (SSSR count). The smallest absolute Gasteiger partial charge is 0.340 e. The number of hydrogen-bond donors (Lipinski definition) is 1. The van der Waals surface area contributed by atoms with Gasteiger partial charge < -0.3 is 14.2 Å². The van der Waals surface area contributed by atoms with Crippen molar-refractivity contribution in [3.05, 3.63) is 81.9 Å². The second-order valence-electron chi connectivity index (χ2n) is 7.45. The monoisotopic (exact) mass is 500 g/mol. The quantitative estimate of drug-likeness (QED) is 0.232. The number of rotatable bonds is 10. The van der Waals surface area contributed by atoms with Gasteiger partial charge in [-0.15, -0.1) is 0 Å². The Morgan fingerprint density at radius 1 is 1.03 bits per heavy atom. The molecule has 0 spiro atoms. The number of anilines is 1. The zero-order valence-electron chi connectivity index (χ0n) is 19.3. The van der Waals surface area contributed by atoms with Crippen molar-refractivity contribution in [2.75, 3.05) is 18.4 Å². The summed E-state index contributed by atoms with van der Waals surface area (Å²) >= 11 is 0. The molecule has 3 aromatic carbocycles. The van der Waals surface area contributed by atoms with Crippen LogP contribution in [0.15, 0.2) is 65.6 Å². The lowest BCUT2D eigenvalue weighted by molar-refractivity contribution is -0.385. The molecule has 11 heteroatoms. The topological polar surface area (TPSA) is 134 Å². The van der Waals surface area contributed by atoms with E-state index < -0.39 is 20.9 Å². The minimum Gasteiger partial charge on any atom is -0.487 e. The van der Waals surface area contributed by atoms with Gasteiger partial charge >= 0.3 is 11.7 Å². The van der Waals surface area contributed by atoms with E-state index in [1.165, 1.54) is 55.6 Å². The largest absolute Gasteiger partial charge is 0.487 e. The van der Waals surface area contributed by atoms with Crippen LogP contribution >= 0.6 is 0 Å². The van der Waals surface area contributed by atoms with E-state index in [1.807, 2.05) is 13.8 Å². The standard InChI is InChI=1S/C24H24N2O8S/c1-4-13-33-23-15-18(8-12-22(23)26(28)29)34-17-7-11-21(20(14-17)24(27)32-3)25-35(30,31)19-9-5-16(2)6-10-19/h5-12,14-15,25H,4,13H2,1-3H3. The molecule has 184 valence electrons. The first-order chi connectivity index (χ1) is 16.6. The third-order valence-electron chi connectivity index (χ3n) is 4.80. The summed E-state index contributed by atoms with van der Waals surface area (Å²) in [6.45, 7) is 3.99. The summed E-state index contributed by atoms with van der Waals surface area (Å²) in [5, 5.41) is 11.3. The number of nitrogens with zero attached hydrogens (tertiary/aromatic N) is 1. The summed E-state index contributed by atoms with van der Waals surface area (Å²) in [5.41, 5.74) is 0.614. The van der Waals surface area contributed by atoms with Crippen LogP contribution in [0.3, 0.4) is 0 Å². The maximum atomic E-state index is 12.8. The van der Waals surface area contributed by atoms with Gasteiger partial charge in [0.2, 0.25) is 5.75 Å². The number of ether oxygens (including phenoxy) is 3. The highest BCUT2D eigenvalue weighted by Crippen LogP contribution is 2.34. The number of esters is 1. The van der Waals surface area contributed by atoms with Crippen LogP contribution < -0.4 is 14.2 Å². The summed E-state index contributed by atoms with van der Waals surface area (Å²) < 4.78 is 44.0. The third-order valence-corrected chi connectivity index (χ3v) is 6.18. The minimum absolute atomic E-state index is 0.000410. The summed E-state index contributed by atoms with van der Waals surface area (Å²) in [7, 11) is -2.80. The van der Waals surface area contributed by atoms with Gasteiger partial charge in [0.25, 0.3) is 10.0 Å². The summed E-state index contributed by atoms with van der Waals surface area (Å²) in [5.74, 6) is -0.331. The summed E-state index contributed by atoms with van der Waals surface area (Å²) in [6.07, 6.45) is 0.657. The van der Waals surface area contributed by atoms with Crippen molar-refractivity contribution >= 4 is 27.4 Å². The molecular formula is C24H24N2O8S. The van der Waals surface area contributed by atoms with Gasteiger partial charge in [0.15, 0.2) is 0 Å². The van der Waals surface area contributed by atoms with Crippen LogP contribution in [0.2, 0.25) is 0 Å². The number of nitrogens with one attached hydrogen (secondary N) is 1. The normalized spacial score (nSPS) is 10.9. The molecule has 0 aliphatic heterocycles. The first-order valence-corrected chi connectivity index (χ1v) is 12.0. The van der Waals surface area contributed by atoms with Crippen LogP contribution in [-0.4, -0.2) is 33.0 Å². The molecule has 0 radical (unpaired) electrons. The highest BCUT2D eigenvalue weighted by Gasteiger charge is 2.21. The van der Waals surface area contributed by atoms with Crippen LogP contribution in [0.1, 0.15) is 29.3 Å². The molecule has 0 amide bonds. The molecule has 0 saturated heterocycles. The molecule has 3 aromatic rings. The third kappa shape index (κ3) is 6.27. The average molecular weight is 501 g/mol. The molecule has 1 N–H and O–H groups in total. The average Bonchev–Trinajstić information content (AvgIpc) is 2.83. The van der Waals surface area contributed by atoms with E-state index in [9.17, 15) is 23.3 Å². The van der Waals surface area contributed by atoms with Crippen molar-refractivity contribution in [1.29, 1.82) is 0 Å². The number of nitro groups is 1. The Labute approximate surface area is 202 Å². The van der Waals surface area contributed by atoms with Crippen molar-refractivity contribution in [3.8, 4) is 17.2 Å². The van der Waals surface area contributed by atoms with E-state index in [0.717, 1.165) is 5.56 Å². The van der Waals surface area contributed by atoms with Gasteiger partial charge in [-0.25, -0.2) is 13.2 Å². The zero-order valence-corrected chi connectivity index (χ0v) is 20.1. The number of carbonyl (C=O) groups excluding carboxylic acids is 1. The van der Waals surface area contributed by atoms with Crippen LogP contribution in [0.25, 0.3) is 0 Å². The summed E-state index contributed by atoms with van der Waals surface area (Å²) in [4.78, 5) is 23.1. The lowest BCUT2D eigenvalue weighted by Gasteiger charge is -2.14. The molecule has 0 aliphatic rings. The number of sulfonamides is 1. The molecule has 0 heterocycles. The van der Waals surface area contributed by atoms with Crippen LogP contribution in [0, 0.1) is 17.0 Å². The highest BCUT2D eigenvalue weighted by atomic mass is 32.2.